The van der Waals surface area contributed by atoms with Crippen LogP contribution < -0.4 is 10.1 Å². The highest BCUT2D eigenvalue weighted by Crippen LogP contribution is 2.41. The second-order valence-electron chi connectivity index (χ2n) is 7.02. The number of benzene rings is 1. The van der Waals surface area contributed by atoms with Crippen LogP contribution in [-0.4, -0.2) is 30.2 Å². The summed E-state index contributed by atoms with van der Waals surface area (Å²) in [4.78, 5) is 21.4. The number of methoxy groups -OCH3 is 2. The van der Waals surface area contributed by atoms with E-state index in [0.29, 0.717) is 18.0 Å². The van der Waals surface area contributed by atoms with Crippen LogP contribution in [0.2, 0.25) is 0 Å². The third-order valence-corrected chi connectivity index (χ3v) is 4.96. The van der Waals surface area contributed by atoms with Crippen LogP contribution >= 0.6 is 0 Å². The standard InChI is InChI=1S/C22H23N3O3/c1-13-11-18(16-5-4-6-19(27-2)21(16)24-13)23-12-15-9-10-17(22(26)28-3)20(25-15)14-7-8-14/h4-6,9-11,14H,7-8,12H2,1-3H3,(H,23,24). The molecule has 0 saturated heterocycles. The molecular weight excluding hydrogens is 354 g/mol. The average molecular weight is 377 g/mol. The first-order valence-electron chi connectivity index (χ1n) is 9.37. The van der Waals surface area contributed by atoms with Gasteiger partial charge in [0.1, 0.15) is 11.3 Å². The summed E-state index contributed by atoms with van der Waals surface area (Å²) in [6.07, 6.45) is 2.14. The molecule has 0 amide bonds. The molecule has 1 aliphatic carbocycles. The van der Waals surface area contributed by atoms with Crippen molar-refractivity contribution in [3.05, 3.63) is 59.0 Å². The van der Waals surface area contributed by atoms with Crippen molar-refractivity contribution in [2.24, 2.45) is 0 Å². The Bertz CT molecular complexity index is 1040. The highest BCUT2D eigenvalue weighted by atomic mass is 16.5. The molecule has 0 radical (unpaired) electrons. The Labute approximate surface area is 163 Å². The Kier molecular flexibility index (Phi) is 4.86. The van der Waals surface area contributed by atoms with E-state index in [2.05, 4.69) is 10.3 Å². The quantitative estimate of drug-likeness (QED) is 0.648. The van der Waals surface area contributed by atoms with Gasteiger partial charge in [0.05, 0.1) is 37.7 Å². The lowest BCUT2D eigenvalue weighted by Crippen LogP contribution is -2.10. The molecule has 28 heavy (non-hydrogen) atoms. The maximum atomic E-state index is 12.0. The lowest BCUT2D eigenvalue weighted by atomic mass is 10.1. The van der Waals surface area contributed by atoms with E-state index in [-0.39, 0.29) is 5.97 Å². The zero-order valence-corrected chi connectivity index (χ0v) is 16.3. The van der Waals surface area contributed by atoms with Crippen molar-refractivity contribution in [3.8, 4) is 5.75 Å². The lowest BCUT2D eigenvalue weighted by Gasteiger charge is -2.13. The number of rotatable bonds is 6. The second-order valence-corrected chi connectivity index (χ2v) is 7.02. The summed E-state index contributed by atoms with van der Waals surface area (Å²) in [6.45, 7) is 2.52. The van der Waals surface area contributed by atoms with Crippen molar-refractivity contribution < 1.29 is 14.3 Å². The van der Waals surface area contributed by atoms with Gasteiger partial charge in [0, 0.05) is 22.7 Å². The summed E-state index contributed by atoms with van der Waals surface area (Å²) in [5.74, 6) is 0.792. The number of pyridine rings is 2. The maximum absolute atomic E-state index is 12.0. The summed E-state index contributed by atoms with van der Waals surface area (Å²) < 4.78 is 10.3. The van der Waals surface area contributed by atoms with Crippen molar-refractivity contribution >= 4 is 22.6 Å². The fourth-order valence-corrected chi connectivity index (χ4v) is 3.41. The number of carbonyl (C=O) groups excluding carboxylic acids is 1. The summed E-state index contributed by atoms with van der Waals surface area (Å²) in [6, 6.07) is 11.6. The number of anilines is 1. The molecule has 2 heterocycles. The first kappa shape index (κ1) is 18.2. The van der Waals surface area contributed by atoms with E-state index in [1.807, 2.05) is 43.3 Å². The first-order valence-corrected chi connectivity index (χ1v) is 9.37. The van der Waals surface area contributed by atoms with Gasteiger partial charge in [0.2, 0.25) is 0 Å². The minimum atomic E-state index is -0.322. The number of nitrogens with zero attached hydrogens (tertiary/aromatic N) is 2. The fourth-order valence-electron chi connectivity index (χ4n) is 3.41. The largest absolute Gasteiger partial charge is 0.494 e. The van der Waals surface area contributed by atoms with Crippen molar-refractivity contribution in [3.63, 3.8) is 0 Å². The predicted molar refractivity (Wildman–Crippen MR) is 108 cm³/mol. The molecule has 0 bridgehead atoms. The molecule has 6 nitrogen and oxygen atoms in total. The number of aromatic nitrogens is 2. The summed E-state index contributed by atoms with van der Waals surface area (Å²) in [5, 5.41) is 4.47. The number of aryl methyl sites for hydroxylation is 1. The number of hydrogen-bond donors (Lipinski definition) is 1. The molecule has 3 aromatic rings. The van der Waals surface area contributed by atoms with Gasteiger partial charge in [0.15, 0.2) is 0 Å². The van der Waals surface area contributed by atoms with Gasteiger partial charge in [-0.25, -0.2) is 9.78 Å². The van der Waals surface area contributed by atoms with Gasteiger partial charge in [-0.05, 0) is 44.0 Å². The van der Waals surface area contributed by atoms with Crippen LogP contribution in [-0.2, 0) is 11.3 Å². The number of nitrogens with one attached hydrogen (secondary N) is 1. The van der Waals surface area contributed by atoms with E-state index in [4.69, 9.17) is 14.5 Å². The van der Waals surface area contributed by atoms with Crippen molar-refractivity contribution in [1.29, 1.82) is 0 Å². The van der Waals surface area contributed by atoms with Crippen molar-refractivity contribution in [1.82, 2.24) is 9.97 Å². The molecule has 0 atom stereocenters. The van der Waals surface area contributed by atoms with Crippen LogP contribution in [0.15, 0.2) is 36.4 Å². The molecule has 1 aromatic carbocycles. The van der Waals surface area contributed by atoms with E-state index >= 15 is 0 Å². The minimum Gasteiger partial charge on any atom is -0.494 e. The number of fused-ring (bicyclic) bond motifs is 1. The topological polar surface area (TPSA) is 73.3 Å². The van der Waals surface area contributed by atoms with Crippen LogP contribution in [0.4, 0.5) is 5.69 Å². The molecule has 1 fully saturated rings. The van der Waals surface area contributed by atoms with Crippen LogP contribution in [0.3, 0.4) is 0 Å². The van der Waals surface area contributed by atoms with Crippen molar-refractivity contribution in [2.75, 3.05) is 19.5 Å². The Balaban J connectivity index is 1.63. The van der Waals surface area contributed by atoms with Gasteiger partial charge >= 0.3 is 5.97 Å². The molecule has 0 unspecified atom stereocenters. The molecule has 6 heteroatoms. The Morgan fingerprint density at radius 1 is 1.18 bits per heavy atom. The van der Waals surface area contributed by atoms with E-state index < -0.39 is 0 Å². The number of hydrogen-bond acceptors (Lipinski definition) is 6. The van der Waals surface area contributed by atoms with E-state index in [9.17, 15) is 4.79 Å². The molecule has 0 spiro atoms. The third kappa shape index (κ3) is 3.50. The van der Waals surface area contributed by atoms with Crippen LogP contribution in [0.25, 0.3) is 10.9 Å². The second kappa shape index (κ2) is 7.46. The first-order chi connectivity index (χ1) is 13.6. The van der Waals surface area contributed by atoms with Gasteiger partial charge in [-0.3, -0.25) is 4.98 Å². The summed E-state index contributed by atoms with van der Waals surface area (Å²) >= 11 is 0. The molecule has 1 N–H and O–H groups in total. The van der Waals surface area contributed by atoms with Crippen LogP contribution in [0.5, 0.6) is 5.75 Å². The average Bonchev–Trinajstić information content (AvgIpc) is 3.56. The minimum absolute atomic E-state index is 0.322. The molecule has 4 rings (SSSR count). The molecule has 2 aromatic heterocycles. The maximum Gasteiger partial charge on any atom is 0.339 e. The molecule has 0 aliphatic heterocycles. The Morgan fingerprint density at radius 3 is 2.71 bits per heavy atom. The highest BCUT2D eigenvalue weighted by Gasteiger charge is 2.30. The van der Waals surface area contributed by atoms with Gasteiger partial charge in [-0.15, -0.1) is 0 Å². The van der Waals surface area contributed by atoms with Crippen molar-refractivity contribution in [2.45, 2.75) is 32.2 Å². The zero-order chi connectivity index (χ0) is 19.7. The Morgan fingerprint density at radius 2 is 2.00 bits per heavy atom. The molecular formula is C22H23N3O3. The van der Waals surface area contributed by atoms with Gasteiger partial charge < -0.3 is 14.8 Å². The van der Waals surface area contributed by atoms with E-state index in [0.717, 1.165) is 52.3 Å². The SMILES string of the molecule is COC(=O)c1ccc(CNc2cc(C)nc3c(OC)cccc23)nc1C1CC1. The monoisotopic (exact) mass is 377 g/mol. The Hall–Kier alpha value is -3.15. The number of para-hydroxylation sites is 1. The van der Waals surface area contributed by atoms with Crippen LogP contribution in [0.1, 0.15) is 46.2 Å². The number of carbonyl (C=O) groups is 1. The van der Waals surface area contributed by atoms with E-state index in [1.54, 1.807) is 7.11 Å². The summed E-state index contributed by atoms with van der Waals surface area (Å²) in [7, 11) is 3.05. The highest BCUT2D eigenvalue weighted by molar-refractivity contribution is 5.95. The summed E-state index contributed by atoms with van der Waals surface area (Å²) in [5.41, 5.74) is 5.04. The van der Waals surface area contributed by atoms with Gasteiger partial charge in [-0.1, -0.05) is 12.1 Å². The third-order valence-electron chi connectivity index (χ3n) is 4.96. The lowest BCUT2D eigenvalue weighted by molar-refractivity contribution is 0.0598. The molecule has 1 aliphatic rings. The number of ether oxygens (including phenoxy) is 2. The predicted octanol–water partition coefficient (Wildman–Crippen LogP) is 4.22. The fraction of sp³-hybridized carbons (Fsp3) is 0.318. The van der Waals surface area contributed by atoms with Gasteiger partial charge in [0.25, 0.3) is 0 Å². The van der Waals surface area contributed by atoms with Gasteiger partial charge in [-0.2, -0.15) is 0 Å². The van der Waals surface area contributed by atoms with E-state index in [1.165, 1.54) is 7.11 Å². The normalized spacial score (nSPS) is 13.4. The van der Waals surface area contributed by atoms with Crippen LogP contribution in [0, 0.1) is 6.92 Å². The molecule has 1 saturated carbocycles. The molecule has 144 valence electrons. The smallest absolute Gasteiger partial charge is 0.339 e. The zero-order valence-electron chi connectivity index (χ0n) is 16.3. The number of esters is 1.